The average molecular weight is 493 g/mol. The zero-order chi connectivity index (χ0) is 24.9. The molecule has 190 valence electrons. The van der Waals surface area contributed by atoms with Crippen molar-refractivity contribution in [3.8, 4) is 0 Å². The summed E-state index contributed by atoms with van der Waals surface area (Å²) in [6, 6.07) is 5.08. The van der Waals surface area contributed by atoms with Crippen LogP contribution in [0.3, 0.4) is 0 Å². The smallest absolute Gasteiger partial charge is 0.243 e. The lowest BCUT2D eigenvalue weighted by atomic mass is 9.95. The fraction of sp³-hybridized carbons (Fsp3) is 0.680. The summed E-state index contributed by atoms with van der Waals surface area (Å²) in [6.07, 6.45) is 4.27. The first kappa shape index (κ1) is 26.6. The molecule has 9 heteroatoms. The van der Waals surface area contributed by atoms with E-state index in [0.29, 0.717) is 37.8 Å². The molecular weight excluding hydrogens is 452 g/mol. The molecule has 0 radical (unpaired) electrons. The number of nitrogens with one attached hydrogen (secondary N) is 2. The van der Waals surface area contributed by atoms with E-state index in [9.17, 15) is 18.0 Å². The molecule has 1 unspecified atom stereocenters. The molecule has 2 aliphatic heterocycles. The molecule has 2 saturated heterocycles. The number of likely N-dealkylation sites (tertiary alicyclic amines) is 1. The van der Waals surface area contributed by atoms with Gasteiger partial charge in [-0.15, -0.1) is 0 Å². The standard InChI is InChI=1S/C25H40N4O4S/c1-18(2)20(4)26-25(31)21-10-14-28(15-11-21)17-24(30)27-23-16-22(9-8-19(23)3)34(32,33)29-12-6-5-7-13-29/h8-9,16,18,20-21H,5-7,10-15,17H2,1-4H3,(H,26,31)(H,27,30). The first-order chi connectivity index (χ1) is 16.1. The lowest BCUT2D eigenvalue weighted by Gasteiger charge is -2.31. The quantitative estimate of drug-likeness (QED) is 0.581. The first-order valence-electron chi connectivity index (χ1n) is 12.5. The van der Waals surface area contributed by atoms with Gasteiger partial charge in [-0.05, 0) is 76.2 Å². The Morgan fingerprint density at radius 2 is 1.68 bits per heavy atom. The van der Waals surface area contributed by atoms with E-state index in [4.69, 9.17) is 0 Å². The third kappa shape index (κ3) is 6.79. The number of hydrogen-bond acceptors (Lipinski definition) is 5. The molecular formula is C25H40N4O4S. The zero-order valence-corrected chi connectivity index (χ0v) is 21.8. The third-order valence-corrected chi connectivity index (χ3v) is 9.03. The van der Waals surface area contributed by atoms with Crippen LogP contribution < -0.4 is 10.6 Å². The number of amides is 2. The molecule has 2 N–H and O–H groups in total. The molecule has 2 aliphatic rings. The fourth-order valence-electron chi connectivity index (χ4n) is 4.41. The van der Waals surface area contributed by atoms with Crippen LogP contribution in [0.5, 0.6) is 0 Å². The second-order valence-corrected chi connectivity index (χ2v) is 12.0. The number of piperidine rings is 2. The van der Waals surface area contributed by atoms with Gasteiger partial charge in [0.1, 0.15) is 0 Å². The number of hydrogen-bond donors (Lipinski definition) is 2. The highest BCUT2D eigenvalue weighted by molar-refractivity contribution is 7.89. The van der Waals surface area contributed by atoms with Gasteiger partial charge in [0.15, 0.2) is 0 Å². The Morgan fingerprint density at radius 3 is 2.29 bits per heavy atom. The van der Waals surface area contributed by atoms with Gasteiger partial charge in [-0.25, -0.2) is 8.42 Å². The summed E-state index contributed by atoms with van der Waals surface area (Å²) in [7, 11) is -3.56. The normalized spacial score (nSPS) is 19.7. The van der Waals surface area contributed by atoms with E-state index in [1.807, 2.05) is 13.8 Å². The van der Waals surface area contributed by atoms with Crippen LogP contribution in [0.15, 0.2) is 23.1 Å². The van der Waals surface area contributed by atoms with Crippen molar-refractivity contribution in [1.29, 1.82) is 0 Å². The van der Waals surface area contributed by atoms with Gasteiger partial charge in [0.2, 0.25) is 21.8 Å². The van der Waals surface area contributed by atoms with Gasteiger partial charge in [0.05, 0.1) is 11.4 Å². The van der Waals surface area contributed by atoms with Gasteiger partial charge < -0.3 is 10.6 Å². The predicted molar refractivity (Wildman–Crippen MR) is 134 cm³/mol. The Balaban J connectivity index is 1.54. The number of aryl methyl sites for hydroxylation is 1. The summed E-state index contributed by atoms with van der Waals surface area (Å²) in [5.41, 5.74) is 1.35. The second kappa shape index (κ2) is 11.6. The van der Waals surface area contributed by atoms with E-state index in [2.05, 4.69) is 29.4 Å². The van der Waals surface area contributed by atoms with E-state index in [0.717, 1.165) is 37.7 Å². The van der Waals surface area contributed by atoms with Crippen molar-refractivity contribution in [2.75, 3.05) is 38.0 Å². The third-order valence-electron chi connectivity index (χ3n) is 7.13. The Labute approximate surface area is 204 Å². The van der Waals surface area contributed by atoms with E-state index < -0.39 is 10.0 Å². The molecule has 1 atom stereocenters. The summed E-state index contributed by atoms with van der Waals surface area (Å²) in [4.78, 5) is 27.5. The molecule has 2 heterocycles. The largest absolute Gasteiger partial charge is 0.353 e. The minimum absolute atomic E-state index is 0.0144. The molecule has 1 aromatic rings. The van der Waals surface area contributed by atoms with Crippen molar-refractivity contribution in [2.24, 2.45) is 11.8 Å². The summed E-state index contributed by atoms with van der Waals surface area (Å²) >= 11 is 0. The maximum Gasteiger partial charge on any atom is 0.243 e. The molecule has 34 heavy (non-hydrogen) atoms. The highest BCUT2D eigenvalue weighted by atomic mass is 32.2. The van der Waals surface area contributed by atoms with Gasteiger partial charge in [-0.1, -0.05) is 26.3 Å². The molecule has 0 aromatic heterocycles. The molecule has 0 spiro atoms. The first-order valence-corrected chi connectivity index (χ1v) is 14.0. The van der Waals surface area contributed by atoms with Gasteiger partial charge in [-0.2, -0.15) is 4.31 Å². The van der Waals surface area contributed by atoms with Crippen LogP contribution in [0.2, 0.25) is 0 Å². The molecule has 1 aromatic carbocycles. The van der Waals surface area contributed by atoms with Gasteiger partial charge in [0, 0.05) is 30.7 Å². The van der Waals surface area contributed by atoms with Crippen molar-refractivity contribution in [3.63, 3.8) is 0 Å². The van der Waals surface area contributed by atoms with Crippen LogP contribution in [-0.4, -0.2) is 68.2 Å². The summed E-state index contributed by atoms with van der Waals surface area (Å²) in [6.45, 7) is 10.7. The van der Waals surface area contributed by atoms with Gasteiger partial charge in [-0.3, -0.25) is 14.5 Å². The van der Waals surface area contributed by atoms with E-state index >= 15 is 0 Å². The molecule has 3 rings (SSSR count). The maximum absolute atomic E-state index is 13.0. The Bertz CT molecular complexity index is 965. The summed E-state index contributed by atoms with van der Waals surface area (Å²) in [5, 5.41) is 6.00. The SMILES string of the molecule is Cc1ccc(S(=O)(=O)N2CCCCC2)cc1NC(=O)CN1CCC(C(=O)NC(C)C(C)C)CC1. The summed E-state index contributed by atoms with van der Waals surface area (Å²) in [5.74, 6) is 0.309. The van der Waals surface area contributed by atoms with Gasteiger partial charge >= 0.3 is 0 Å². The van der Waals surface area contributed by atoms with Crippen LogP contribution >= 0.6 is 0 Å². The van der Waals surface area contributed by atoms with Crippen molar-refractivity contribution in [1.82, 2.24) is 14.5 Å². The molecule has 2 amide bonds. The highest BCUT2D eigenvalue weighted by Gasteiger charge is 2.28. The van der Waals surface area contributed by atoms with Crippen LogP contribution in [0.1, 0.15) is 58.4 Å². The second-order valence-electron chi connectivity index (χ2n) is 10.1. The molecule has 8 nitrogen and oxygen atoms in total. The van der Waals surface area contributed by atoms with E-state index in [1.54, 1.807) is 18.2 Å². The van der Waals surface area contributed by atoms with E-state index in [-0.39, 0.29) is 35.2 Å². The fourth-order valence-corrected chi connectivity index (χ4v) is 5.95. The van der Waals surface area contributed by atoms with Crippen molar-refractivity contribution >= 4 is 27.5 Å². The van der Waals surface area contributed by atoms with E-state index in [1.165, 1.54) is 4.31 Å². The minimum Gasteiger partial charge on any atom is -0.353 e. The number of benzene rings is 1. The molecule has 0 bridgehead atoms. The lowest BCUT2D eigenvalue weighted by molar-refractivity contribution is -0.127. The zero-order valence-electron chi connectivity index (χ0n) is 21.0. The Morgan fingerprint density at radius 1 is 1.03 bits per heavy atom. The van der Waals surface area contributed by atoms with Crippen LogP contribution in [0.4, 0.5) is 5.69 Å². The minimum atomic E-state index is -3.56. The van der Waals surface area contributed by atoms with Crippen LogP contribution in [0, 0.1) is 18.8 Å². The topological polar surface area (TPSA) is 98.8 Å². The Kier molecular flexibility index (Phi) is 9.12. The van der Waals surface area contributed by atoms with Crippen molar-refractivity contribution in [2.45, 2.75) is 70.7 Å². The molecule has 0 aliphatic carbocycles. The number of sulfonamides is 1. The monoisotopic (exact) mass is 492 g/mol. The maximum atomic E-state index is 13.0. The Hall–Kier alpha value is -1.97. The number of carbonyl (C=O) groups is 2. The summed E-state index contributed by atoms with van der Waals surface area (Å²) < 4.78 is 27.6. The number of carbonyl (C=O) groups excluding carboxylic acids is 2. The van der Waals surface area contributed by atoms with Gasteiger partial charge in [0.25, 0.3) is 0 Å². The highest BCUT2D eigenvalue weighted by Crippen LogP contribution is 2.25. The number of rotatable bonds is 8. The van der Waals surface area contributed by atoms with Crippen LogP contribution in [-0.2, 0) is 19.6 Å². The lowest BCUT2D eigenvalue weighted by Crippen LogP contribution is -2.45. The number of nitrogens with zero attached hydrogens (tertiary/aromatic N) is 2. The van der Waals surface area contributed by atoms with Crippen molar-refractivity contribution in [3.05, 3.63) is 23.8 Å². The molecule has 2 fully saturated rings. The average Bonchev–Trinajstić information content (AvgIpc) is 2.81. The number of anilines is 1. The molecule has 0 saturated carbocycles. The predicted octanol–water partition coefficient (Wildman–Crippen LogP) is 2.98. The van der Waals surface area contributed by atoms with Crippen LogP contribution in [0.25, 0.3) is 0 Å². The van der Waals surface area contributed by atoms with Crippen molar-refractivity contribution < 1.29 is 18.0 Å².